The second kappa shape index (κ2) is 8.93. The Labute approximate surface area is 191 Å². The third-order valence-electron chi connectivity index (χ3n) is 7.09. The zero-order valence-electron chi connectivity index (χ0n) is 18.3. The smallest absolute Gasteiger partial charge is 0.255 e. The standard InChI is InChI=1S/C27H26F2N2O2/c28-22-13-11-18(16-23(22)29)26(32)30-24-14-12-21(19-8-2-3-9-20(19)24)27(33)31-15-5-7-17-6-1-4-10-25(17)31/h2-3,8-9,11-14,16-17,25H,1,4-7,10,15H2,(H,30,32). The lowest BCUT2D eigenvalue weighted by Gasteiger charge is -2.44. The molecule has 1 saturated carbocycles. The number of halogens is 2. The van der Waals surface area contributed by atoms with Crippen molar-refractivity contribution in [2.45, 2.75) is 44.6 Å². The van der Waals surface area contributed by atoms with Crippen molar-refractivity contribution < 1.29 is 18.4 Å². The summed E-state index contributed by atoms with van der Waals surface area (Å²) in [6, 6.07) is 14.3. The molecule has 2 fully saturated rings. The molecule has 4 nitrogen and oxygen atoms in total. The van der Waals surface area contributed by atoms with Crippen LogP contribution in [0.5, 0.6) is 0 Å². The van der Waals surface area contributed by atoms with E-state index in [9.17, 15) is 18.4 Å². The highest BCUT2D eigenvalue weighted by molar-refractivity contribution is 6.14. The number of hydrogen-bond donors (Lipinski definition) is 1. The van der Waals surface area contributed by atoms with Gasteiger partial charge in [0.05, 0.1) is 0 Å². The van der Waals surface area contributed by atoms with E-state index in [1.807, 2.05) is 24.3 Å². The molecule has 3 aromatic carbocycles. The Morgan fingerprint density at radius 3 is 2.42 bits per heavy atom. The van der Waals surface area contributed by atoms with Gasteiger partial charge < -0.3 is 10.2 Å². The largest absolute Gasteiger partial charge is 0.335 e. The number of likely N-dealkylation sites (tertiary alicyclic amines) is 1. The molecule has 3 aromatic rings. The highest BCUT2D eigenvalue weighted by atomic mass is 19.2. The van der Waals surface area contributed by atoms with Crippen LogP contribution in [-0.4, -0.2) is 29.3 Å². The van der Waals surface area contributed by atoms with E-state index in [1.54, 1.807) is 12.1 Å². The van der Waals surface area contributed by atoms with Crippen molar-refractivity contribution in [1.82, 2.24) is 4.90 Å². The molecule has 0 radical (unpaired) electrons. The molecule has 5 rings (SSSR count). The van der Waals surface area contributed by atoms with E-state index in [0.717, 1.165) is 42.3 Å². The van der Waals surface area contributed by atoms with E-state index in [1.165, 1.54) is 31.7 Å². The molecule has 1 aliphatic heterocycles. The number of rotatable bonds is 3. The maximum atomic E-state index is 13.7. The zero-order chi connectivity index (χ0) is 22.9. The Morgan fingerprint density at radius 1 is 0.848 bits per heavy atom. The minimum absolute atomic E-state index is 0.0230. The molecule has 0 aromatic heterocycles. The lowest BCUT2D eigenvalue weighted by molar-refractivity contribution is 0.0392. The van der Waals surface area contributed by atoms with Crippen molar-refractivity contribution in [3.63, 3.8) is 0 Å². The number of anilines is 1. The van der Waals surface area contributed by atoms with Gasteiger partial charge in [-0.2, -0.15) is 0 Å². The highest BCUT2D eigenvalue weighted by Gasteiger charge is 2.36. The Hall–Kier alpha value is -3.28. The van der Waals surface area contributed by atoms with Gasteiger partial charge in [-0.1, -0.05) is 37.1 Å². The van der Waals surface area contributed by atoms with Gasteiger partial charge in [0.2, 0.25) is 0 Å². The predicted molar refractivity (Wildman–Crippen MR) is 124 cm³/mol. The SMILES string of the molecule is O=C(Nc1ccc(C(=O)N2CCCC3CCCCC32)c2ccccc12)c1ccc(F)c(F)c1. The van der Waals surface area contributed by atoms with Gasteiger partial charge in [-0.3, -0.25) is 9.59 Å². The van der Waals surface area contributed by atoms with Crippen molar-refractivity contribution in [3.05, 3.63) is 77.4 Å². The average molecular weight is 449 g/mol. The van der Waals surface area contributed by atoms with Crippen LogP contribution in [0.25, 0.3) is 10.8 Å². The fraction of sp³-hybridized carbons (Fsp3) is 0.333. The number of benzene rings is 3. The minimum atomic E-state index is -1.07. The summed E-state index contributed by atoms with van der Waals surface area (Å²) in [6.45, 7) is 0.781. The first kappa shape index (κ1) is 21.6. The van der Waals surface area contributed by atoms with Crippen LogP contribution in [0, 0.1) is 17.6 Å². The molecular weight excluding hydrogens is 422 g/mol. The molecule has 33 heavy (non-hydrogen) atoms. The van der Waals surface area contributed by atoms with Crippen molar-refractivity contribution in [2.75, 3.05) is 11.9 Å². The van der Waals surface area contributed by atoms with E-state index in [-0.39, 0.29) is 11.5 Å². The van der Waals surface area contributed by atoms with Crippen LogP contribution < -0.4 is 5.32 Å². The second-order valence-electron chi connectivity index (χ2n) is 9.04. The Kier molecular flexibility index (Phi) is 5.83. The molecule has 1 aliphatic carbocycles. The molecule has 2 unspecified atom stereocenters. The summed E-state index contributed by atoms with van der Waals surface area (Å²) in [7, 11) is 0. The average Bonchev–Trinajstić information content (AvgIpc) is 2.85. The van der Waals surface area contributed by atoms with Crippen LogP contribution in [0.1, 0.15) is 59.2 Å². The predicted octanol–water partition coefficient (Wildman–Crippen LogP) is 6.17. The van der Waals surface area contributed by atoms with E-state index in [4.69, 9.17) is 0 Å². The van der Waals surface area contributed by atoms with Gasteiger partial charge in [0.25, 0.3) is 11.8 Å². The van der Waals surface area contributed by atoms with E-state index >= 15 is 0 Å². The van der Waals surface area contributed by atoms with Crippen LogP contribution in [0.3, 0.4) is 0 Å². The fourth-order valence-corrected chi connectivity index (χ4v) is 5.46. The summed E-state index contributed by atoms with van der Waals surface area (Å²) in [5.74, 6) is -1.98. The number of piperidine rings is 1. The maximum Gasteiger partial charge on any atom is 0.255 e. The summed E-state index contributed by atoms with van der Waals surface area (Å²) in [5.41, 5.74) is 1.17. The van der Waals surface area contributed by atoms with Crippen LogP contribution in [0.15, 0.2) is 54.6 Å². The van der Waals surface area contributed by atoms with Crippen molar-refractivity contribution >= 4 is 28.3 Å². The van der Waals surface area contributed by atoms with Crippen molar-refractivity contribution in [1.29, 1.82) is 0 Å². The molecule has 6 heteroatoms. The molecule has 2 atom stereocenters. The third-order valence-corrected chi connectivity index (χ3v) is 7.09. The lowest BCUT2D eigenvalue weighted by atomic mass is 9.78. The Bertz CT molecular complexity index is 1220. The lowest BCUT2D eigenvalue weighted by Crippen LogP contribution is -2.49. The normalized spacial score (nSPS) is 20.4. The summed E-state index contributed by atoms with van der Waals surface area (Å²) in [5, 5.41) is 4.29. The number of nitrogens with zero attached hydrogens (tertiary/aromatic N) is 1. The second-order valence-corrected chi connectivity index (χ2v) is 9.04. The maximum absolute atomic E-state index is 13.7. The third kappa shape index (κ3) is 4.10. The summed E-state index contributed by atoms with van der Waals surface area (Å²) >= 11 is 0. The van der Waals surface area contributed by atoms with Crippen LogP contribution in [-0.2, 0) is 0 Å². The topological polar surface area (TPSA) is 49.4 Å². The summed E-state index contributed by atoms with van der Waals surface area (Å²) in [6.07, 6.45) is 6.91. The number of fused-ring (bicyclic) bond motifs is 2. The first-order valence-electron chi connectivity index (χ1n) is 11.6. The molecule has 0 bridgehead atoms. The Morgan fingerprint density at radius 2 is 1.61 bits per heavy atom. The summed E-state index contributed by atoms with van der Waals surface area (Å²) in [4.78, 5) is 28.4. The van der Waals surface area contributed by atoms with Gasteiger partial charge in [-0.25, -0.2) is 8.78 Å². The van der Waals surface area contributed by atoms with E-state index in [0.29, 0.717) is 23.2 Å². The zero-order valence-corrected chi connectivity index (χ0v) is 18.3. The molecule has 0 spiro atoms. The number of hydrogen-bond acceptors (Lipinski definition) is 2. The number of amides is 2. The first-order chi connectivity index (χ1) is 16.0. The molecule has 2 amide bonds. The van der Waals surface area contributed by atoms with Gasteiger partial charge in [0.15, 0.2) is 11.6 Å². The van der Waals surface area contributed by atoms with Crippen molar-refractivity contribution in [2.24, 2.45) is 5.92 Å². The van der Waals surface area contributed by atoms with Crippen LogP contribution >= 0.6 is 0 Å². The van der Waals surface area contributed by atoms with Gasteiger partial charge in [0.1, 0.15) is 0 Å². The van der Waals surface area contributed by atoms with E-state index < -0.39 is 17.5 Å². The van der Waals surface area contributed by atoms with Crippen LogP contribution in [0.4, 0.5) is 14.5 Å². The van der Waals surface area contributed by atoms with Crippen LogP contribution in [0.2, 0.25) is 0 Å². The number of carbonyl (C=O) groups is 2. The molecule has 170 valence electrons. The van der Waals surface area contributed by atoms with Gasteiger partial charge in [0, 0.05) is 34.8 Å². The number of carbonyl (C=O) groups excluding carboxylic acids is 2. The monoisotopic (exact) mass is 448 g/mol. The molecular formula is C27H26F2N2O2. The fourth-order valence-electron chi connectivity index (χ4n) is 5.46. The minimum Gasteiger partial charge on any atom is -0.335 e. The number of nitrogens with one attached hydrogen (secondary N) is 1. The molecule has 2 aliphatic rings. The van der Waals surface area contributed by atoms with Gasteiger partial charge >= 0.3 is 0 Å². The van der Waals surface area contributed by atoms with E-state index in [2.05, 4.69) is 10.2 Å². The quantitative estimate of drug-likeness (QED) is 0.521. The highest BCUT2D eigenvalue weighted by Crippen LogP contribution is 2.37. The van der Waals surface area contributed by atoms with Gasteiger partial charge in [-0.05, 0) is 67.3 Å². The van der Waals surface area contributed by atoms with Gasteiger partial charge in [-0.15, -0.1) is 0 Å². The molecule has 1 N–H and O–H groups in total. The molecule has 1 saturated heterocycles. The molecule has 1 heterocycles. The summed E-state index contributed by atoms with van der Waals surface area (Å²) < 4.78 is 26.8. The first-order valence-corrected chi connectivity index (χ1v) is 11.6. The van der Waals surface area contributed by atoms with Crippen molar-refractivity contribution in [3.8, 4) is 0 Å². The Balaban J connectivity index is 1.46.